The number of ether oxygens (including phenoxy) is 2. The van der Waals surface area contributed by atoms with E-state index in [4.69, 9.17) is 15.2 Å². The summed E-state index contributed by atoms with van der Waals surface area (Å²) in [6, 6.07) is 3.97. The van der Waals surface area contributed by atoms with Crippen molar-refractivity contribution in [3.63, 3.8) is 0 Å². The maximum Gasteiger partial charge on any atom is 0.0637 e. The lowest BCUT2D eigenvalue weighted by atomic mass is 10.2. The molecule has 0 aliphatic carbocycles. The van der Waals surface area contributed by atoms with Gasteiger partial charge in [-0.05, 0) is 19.1 Å². The third kappa shape index (κ3) is 4.60. The van der Waals surface area contributed by atoms with E-state index in [9.17, 15) is 0 Å². The molecule has 0 amide bonds. The molecule has 0 saturated carbocycles. The fourth-order valence-corrected chi connectivity index (χ4v) is 1.63. The van der Waals surface area contributed by atoms with Crippen LogP contribution in [0.4, 0.5) is 5.69 Å². The molecule has 0 saturated heterocycles. The molecule has 1 aromatic rings. The highest BCUT2D eigenvalue weighted by molar-refractivity contribution is 5.44. The summed E-state index contributed by atoms with van der Waals surface area (Å²) in [5, 5.41) is 0. The lowest BCUT2D eigenvalue weighted by molar-refractivity contribution is 0.190. The Bertz CT molecular complexity index is 320. The number of nitrogens with two attached hydrogens (primary N) is 1. The summed E-state index contributed by atoms with van der Waals surface area (Å²) in [4.78, 5) is 6.55. The van der Waals surface area contributed by atoms with E-state index in [1.165, 1.54) is 0 Å². The standard InChI is InChI=1S/C13H23N3O2/c1-11(14)13-5-4-12(10-15-13)16(6-8-17-2)7-9-18-3/h4-5,10-11H,6-9,14H2,1-3H3/t11-/m0/s1. The highest BCUT2D eigenvalue weighted by atomic mass is 16.5. The Hall–Kier alpha value is -1.17. The molecule has 0 bridgehead atoms. The highest BCUT2D eigenvalue weighted by Gasteiger charge is 2.07. The molecule has 0 fully saturated rings. The number of aromatic nitrogens is 1. The zero-order valence-electron chi connectivity index (χ0n) is 11.4. The molecule has 5 heteroatoms. The number of anilines is 1. The van der Waals surface area contributed by atoms with Crippen molar-refractivity contribution in [1.29, 1.82) is 0 Å². The Morgan fingerprint density at radius 1 is 1.22 bits per heavy atom. The lowest BCUT2D eigenvalue weighted by Gasteiger charge is -2.24. The summed E-state index contributed by atoms with van der Waals surface area (Å²) in [6.07, 6.45) is 1.85. The van der Waals surface area contributed by atoms with E-state index >= 15 is 0 Å². The van der Waals surface area contributed by atoms with Gasteiger partial charge < -0.3 is 20.1 Å². The average Bonchev–Trinajstić information content (AvgIpc) is 2.39. The largest absolute Gasteiger partial charge is 0.383 e. The van der Waals surface area contributed by atoms with Crippen molar-refractivity contribution in [2.75, 3.05) is 45.4 Å². The number of hydrogen-bond acceptors (Lipinski definition) is 5. The van der Waals surface area contributed by atoms with Crippen molar-refractivity contribution >= 4 is 5.69 Å². The minimum atomic E-state index is -0.0366. The summed E-state index contributed by atoms with van der Waals surface area (Å²) in [7, 11) is 3.40. The van der Waals surface area contributed by atoms with Gasteiger partial charge in [-0.25, -0.2) is 0 Å². The second-order valence-corrected chi connectivity index (χ2v) is 4.20. The second-order valence-electron chi connectivity index (χ2n) is 4.20. The number of rotatable bonds is 8. The first-order valence-electron chi connectivity index (χ1n) is 6.13. The molecule has 0 spiro atoms. The van der Waals surface area contributed by atoms with Crippen LogP contribution in [0, 0.1) is 0 Å². The van der Waals surface area contributed by atoms with Gasteiger partial charge in [0.1, 0.15) is 0 Å². The highest BCUT2D eigenvalue weighted by Crippen LogP contribution is 2.15. The van der Waals surface area contributed by atoms with Crippen LogP contribution in [-0.2, 0) is 9.47 Å². The SMILES string of the molecule is COCCN(CCOC)c1ccc([C@H](C)N)nc1. The molecule has 2 N–H and O–H groups in total. The molecule has 0 radical (unpaired) electrons. The van der Waals surface area contributed by atoms with Gasteiger partial charge in [-0.1, -0.05) is 0 Å². The molecule has 0 aliphatic heterocycles. The number of hydrogen-bond donors (Lipinski definition) is 1. The van der Waals surface area contributed by atoms with Crippen molar-refractivity contribution in [2.45, 2.75) is 13.0 Å². The van der Waals surface area contributed by atoms with Crippen molar-refractivity contribution in [2.24, 2.45) is 5.73 Å². The molecular weight excluding hydrogens is 230 g/mol. The zero-order valence-corrected chi connectivity index (χ0v) is 11.4. The van der Waals surface area contributed by atoms with Crippen LogP contribution in [0.25, 0.3) is 0 Å². The summed E-state index contributed by atoms with van der Waals surface area (Å²) in [5.41, 5.74) is 7.75. The van der Waals surface area contributed by atoms with Crippen LogP contribution in [-0.4, -0.2) is 45.5 Å². The summed E-state index contributed by atoms with van der Waals surface area (Å²) in [5.74, 6) is 0. The lowest BCUT2D eigenvalue weighted by Crippen LogP contribution is -2.30. The van der Waals surface area contributed by atoms with E-state index in [1.807, 2.05) is 25.3 Å². The van der Waals surface area contributed by atoms with E-state index in [1.54, 1.807) is 14.2 Å². The summed E-state index contributed by atoms with van der Waals surface area (Å²) in [6.45, 7) is 4.92. The first-order valence-corrected chi connectivity index (χ1v) is 6.13. The monoisotopic (exact) mass is 253 g/mol. The van der Waals surface area contributed by atoms with Gasteiger partial charge in [-0.2, -0.15) is 0 Å². The van der Waals surface area contributed by atoms with Crippen molar-refractivity contribution in [3.05, 3.63) is 24.0 Å². The van der Waals surface area contributed by atoms with Crippen LogP contribution >= 0.6 is 0 Å². The Morgan fingerprint density at radius 3 is 2.22 bits per heavy atom. The average molecular weight is 253 g/mol. The van der Waals surface area contributed by atoms with E-state index < -0.39 is 0 Å². The van der Waals surface area contributed by atoms with E-state index in [-0.39, 0.29) is 6.04 Å². The van der Waals surface area contributed by atoms with Gasteiger partial charge in [-0.15, -0.1) is 0 Å². The van der Waals surface area contributed by atoms with Crippen LogP contribution in [0.3, 0.4) is 0 Å². The predicted octanol–water partition coefficient (Wildman–Crippen LogP) is 1.20. The van der Waals surface area contributed by atoms with E-state index in [0.717, 1.165) is 24.5 Å². The first kappa shape index (κ1) is 14.9. The van der Waals surface area contributed by atoms with Gasteiger partial charge in [0.25, 0.3) is 0 Å². The van der Waals surface area contributed by atoms with Gasteiger partial charge in [0.2, 0.25) is 0 Å². The quantitative estimate of drug-likeness (QED) is 0.754. The normalized spacial score (nSPS) is 12.4. The van der Waals surface area contributed by atoms with Gasteiger partial charge in [0.15, 0.2) is 0 Å². The Kier molecular flexibility index (Phi) is 6.64. The minimum absolute atomic E-state index is 0.0366. The second kappa shape index (κ2) is 8.02. The van der Waals surface area contributed by atoms with Crippen LogP contribution in [0.15, 0.2) is 18.3 Å². The Labute approximate surface area is 109 Å². The van der Waals surface area contributed by atoms with E-state index in [0.29, 0.717) is 13.2 Å². The molecule has 1 rings (SSSR count). The smallest absolute Gasteiger partial charge is 0.0637 e. The fourth-order valence-electron chi connectivity index (χ4n) is 1.63. The van der Waals surface area contributed by atoms with Gasteiger partial charge in [0, 0.05) is 33.4 Å². The predicted molar refractivity (Wildman–Crippen MR) is 72.8 cm³/mol. The van der Waals surface area contributed by atoms with Crippen LogP contribution in [0.1, 0.15) is 18.7 Å². The van der Waals surface area contributed by atoms with Crippen molar-refractivity contribution < 1.29 is 9.47 Å². The van der Waals surface area contributed by atoms with Gasteiger partial charge >= 0.3 is 0 Å². The molecule has 18 heavy (non-hydrogen) atoms. The van der Waals surface area contributed by atoms with Crippen LogP contribution in [0.2, 0.25) is 0 Å². The molecule has 1 atom stereocenters. The summed E-state index contributed by atoms with van der Waals surface area (Å²) >= 11 is 0. The molecule has 5 nitrogen and oxygen atoms in total. The fraction of sp³-hybridized carbons (Fsp3) is 0.615. The molecule has 0 aliphatic rings. The molecule has 1 heterocycles. The number of methoxy groups -OCH3 is 2. The van der Waals surface area contributed by atoms with Gasteiger partial charge in [0.05, 0.1) is 30.8 Å². The summed E-state index contributed by atoms with van der Waals surface area (Å²) < 4.78 is 10.2. The number of pyridine rings is 1. The van der Waals surface area contributed by atoms with Crippen molar-refractivity contribution in [1.82, 2.24) is 4.98 Å². The maximum absolute atomic E-state index is 5.78. The third-order valence-corrected chi connectivity index (χ3v) is 2.73. The Balaban J connectivity index is 2.70. The zero-order chi connectivity index (χ0) is 13.4. The molecular formula is C13H23N3O2. The first-order chi connectivity index (χ1) is 8.69. The van der Waals surface area contributed by atoms with Crippen molar-refractivity contribution in [3.8, 4) is 0 Å². The Morgan fingerprint density at radius 2 is 1.83 bits per heavy atom. The third-order valence-electron chi connectivity index (χ3n) is 2.73. The van der Waals surface area contributed by atoms with Crippen LogP contribution < -0.4 is 10.6 Å². The molecule has 0 aromatic carbocycles. The van der Waals surface area contributed by atoms with Gasteiger partial charge in [-0.3, -0.25) is 4.98 Å². The molecule has 1 aromatic heterocycles. The minimum Gasteiger partial charge on any atom is -0.383 e. The maximum atomic E-state index is 5.78. The number of nitrogens with zero attached hydrogens (tertiary/aromatic N) is 2. The topological polar surface area (TPSA) is 60.6 Å². The molecule has 102 valence electrons. The molecule has 0 unspecified atom stereocenters. The van der Waals surface area contributed by atoms with E-state index in [2.05, 4.69) is 9.88 Å². The van der Waals surface area contributed by atoms with Crippen LogP contribution in [0.5, 0.6) is 0 Å².